The molecule has 36 heavy (non-hydrogen) atoms. The lowest BCUT2D eigenvalue weighted by Gasteiger charge is -2.29. The zero-order chi connectivity index (χ0) is 25.6. The van der Waals surface area contributed by atoms with Crippen LogP contribution >= 0.6 is 0 Å². The Morgan fingerprint density at radius 2 is 1.64 bits per heavy atom. The summed E-state index contributed by atoms with van der Waals surface area (Å²) in [7, 11) is 0. The van der Waals surface area contributed by atoms with Crippen LogP contribution in [0.3, 0.4) is 0 Å². The Labute approximate surface area is 219 Å². The fourth-order valence-electron chi connectivity index (χ4n) is 8.57. The highest BCUT2D eigenvalue weighted by Gasteiger charge is 2.65. The van der Waals surface area contributed by atoms with Crippen molar-refractivity contribution in [1.29, 1.82) is 0 Å². The molecule has 0 heterocycles. The average Bonchev–Trinajstić information content (AvgIpc) is 3.11. The summed E-state index contributed by atoms with van der Waals surface area (Å²) < 4.78 is 0. The maximum absolute atomic E-state index is 4.56. The molecular formula is C36H44. The molecule has 3 saturated carbocycles. The third-order valence-corrected chi connectivity index (χ3v) is 10.8. The van der Waals surface area contributed by atoms with Gasteiger partial charge in [0, 0.05) is 5.92 Å². The van der Waals surface area contributed by atoms with Gasteiger partial charge in [-0.25, -0.2) is 0 Å². The molecule has 0 bridgehead atoms. The Bertz CT molecular complexity index is 1290. The van der Waals surface area contributed by atoms with Crippen LogP contribution in [0.4, 0.5) is 0 Å². The van der Waals surface area contributed by atoms with Gasteiger partial charge in [-0.2, -0.15) is 0 Å². The van der Waals surface area contributed by atoms with Crippen molar-refractivity contribution in [2.75, 3.05) is 0 Å². The van der Waals surface area contributed by atoms with Crippen LogP contribution in [-0.2, 0) is 12.8 Å². The number of allylic oxidation sites excluding steroid dienone is 3. The van der Waals surface area contributed by atoms with Crippen molar-refractivity contribution in [3.8, 4) is 11.1 Å². The first kappa shape index (κ1) is 24.0. The van der Waals surface area contributed by atoms with E-state index in [4.69, 9.17) is 0 Å². The van der Waals surface area contributed by atoms with E-state index in [0.29, 0.717) is 28.6 Å². The lowest BCUT2D eigenvalue weighted by atomic mass is 9.76. The van der Waals surface area contributed by atoms with Crippen molar-refractivity contribution in [3.05, 3.63) is 88.0 Å². The molecule has 3 fully saturated rings. The van der Waals surface area contributed by atoms with Crippen LogP contribution < -0.4 is 0 Å². The molecule has 6 rings (SSSR count). The zero-order valence-electron chi connectivity index (χ0n) is 23.4. The minimum absolute atomic E-state index is 0.387. The molecule has 0 spiro atoms. The second-order valence-corrected chi connectivity index (χ2v) is 13.9. The second kappa shape index (κ2) is 8.08. The molecule has 188 valence electrons. The fraction of sp³-hybridized carbons (Fsp3) is 0.500. The van der Waals surface area contributed by atoms with Gasteiger partial charge in [0.25, 0.3) is 0 Å². The molecule has 0 aliphatic heterocycles. The average molecular weight is 477 g/mol. The van der Waals surface area contributed by atoms with Crippen LogP contribution in [0.15, 0.2) is 60.2 Å². The van der Waals surface area contributed by atoms with Crippen molar-refractivity contribution >= 4 is 6.08 Å². The molecule has 0 radical (unpaired) electrons. The number of fused-ring (bicyclic) bond motifs is 2. The number of rotatable bonds is 5. The maximum atomic E-state index is 4.56. The van der Waals surface area contributed by atoms with E-state index in [9.17, 15) is 0 Å². The predicted octanol–water partition coefficient (Wildman–Crippen LogP) is 9.68. The normalized spacial score (nSPS) is 29.3. The molecule has 4 aliphatic carbocycles. The largest absolute Gasteiger partial charge is 0.0989 e. The first-order valence-corrected chi connectivity index (χ1v) is 14.3. The summed E-state index contributed by atoms with van der Waals surface area (Å²) in [5.74, 6) is 2.57. The van der Waals surface area contributed by atoms with E-state index in [0.717, 1.165) is 18.8 Å². The van der Waals surface area contributed by atoms with Crippen LogP contribution in [0.25, 0.3) is 17.2 Å². The maximum Gasteiger partial charge on any atom is 0.00454 e. The molecule has 0 saturated heterocycles. The minimum Gasteiger partial charge on any atom is -0.0989 e. The summed E-state index contributed by atoms with van der Waals surface area (Å²) in [6.45, 7) is 23.5. The van der Waals surface area contributed by atoms with E-state index in [2.05, 4.69) is 91.1 Å². The van der Waals surface area contributed by atoms with Crippen molar-refractivity contribution < 1.29 is 0 Å². The molecule has 2 aromatic rings. The Balaban J connectivity index is 1.30. The quantitative estimate of drug-likeness (QED) is 0.377. The summed E-state index contributed by atoms with van der Waals surface area (Å²) in [6, 6.07) is 11.9. The van der Waals surface area contributed by atoms with Gasteiger partial charge in [-0.3, -0.25) is 0 Å². The third-order valence-electron chi connectivity index (χ3n) is 10.8. The van der Waals surface area contributed by atoms with Crippen LogP contribution in [0.1, 0.15) is 81.2 Å². The van der Waals surface area contributed by atoms with Gasteiger partial charge >= 0.3 is 0 Å². The van der Waals surface area contributed by atoms with Crippen LogP contribution in [0, 0.1) is 48.3 Å². The van der Waals surface area contributed by atoms with E-state index in [1.165, 1.54) is 70.2 Å². The Hall–Kier alpha value is -2.34. The highest BCUT2D eigenvalue weighted by molar-refractivity contribution is 5.80. The monoisotopic (exact) mass is 476 g/mol. The van der Waals surface area contributed by atoms with Gasteiger partial charge in [-0.1, -0.05) is 106 Å². The zero-order valence-corrected chi connectivity index (χ0v) is 23.4. The van der Waals surface area contributed by atoms with Crippen LogP contribution in [0.5, 0.6) is 0 Å². The summed E-state index contributed by atoms with van der Waals surface area (Å²) in [6.07, 6.45) is 9.97. The number of hydrogen-bond acceptors (Lipinski definition) is 0. The molecule has 3 unspecified atom stereocenters. The van der Waals surface area contributed by atoms with E-state index < -0.39 is 0 Å². The Morgan fingerprint density at radius 3 is 2.31 bits per heavy atom. The molecule has 0 heteroatoms. The third kappa shape index (κ3) is 3.62. The summed E-state index contributed by atoms with van der Waals surface area (Å²) >= 11 is 0. The SMILES string of the molecule is C=C1C(CC2=Cc3cccc(-c4cc(C)cc(C)c4CC4CCCC4(C)C)c3C2)C(=C)C2C1C2(C)C. The first-order chi connectivity index (χ1) is 17.0. The van der Waals surface area contributed by atoms with E-state index in [-0.39, 0.29) is 0 Å². The standard InChI is InChI=1S/C36H44/c1-21-15-22(2)29(20-27-12-10-14-35(27,5)6)32(16-21)28-13-9-11-26-17-25(19-31(26)28)18-30-23(3)33-34(24(30)4)36(33,7)8/h9,11,13,15-17,27,30,33-34H,3-4,10,12,14,18-20H2,1-2,5-8H3. The van der Waals surface area contributed by atoms with E-state index >= 15 is 0 Å². The Morgan fingerprint density at radius 1 is 0.917 bits per heavy atom. The van der Waals surface area contributed by atoms with E-state index in [1.807, 2.05) is 0 Å². The molecule has 4 aliphatic rings. The molecule has 0 nitrogen and oxygen atoms in total. The van der Waals surface area contributed by atoms with Crippen molar-refractivity contribution in [2.45, 2.75) is 80.1 Å². The number of hydrogen-bond donors (Lipinski definition) is 0. The smallest absolute Gasteiger partial charge is 0.00454 e. The van der Waals surface area contributed by atoms with Gasteiger partial charge in [0.2, 0.25) is 0 Å². The van der Waals surface area contributed by atoms with Gasteiger partial charge in [-0.05, 0) is 108 Å². The Kier molecular flexibility index (Phi) is 5.39. The van der Waals surface area contributed by atoms with Gasteiger partial charge in [-0.15, -0.1) is 0 Å². The topological polar surface area (TPSA) is 0 Å². The van der Waals surface area contributed by atoms with Gasteiger partial charge in [0.15, 0.2) is 0 Å². The molecular weight excluding hydrogens is 432 g/mol. The minimum atomic E-state index is 0.387. The highest BCUT2D eigenvalue weighted by Crippen LogP contribution is 2.72. The molecule has 3 atom stereocenters. The van der Waals surface area contributed by atoms with Crippen LogP contribution in [-0.4, -0.2) is 0 Å². The lowest BCUT2D eigenvalue weighted by molar-refractivity contribution is 0.258. The van der Waals surface area contributed by atoms with Crippen molar-refractivity contribution in [2.24, 2.45) is 34.5 Å². The van der Waals surface area contributed by atoms with Crippen molar-refractivity contribution in [3.63, 3.8) is 0 Å². The lowest BCUT2D eigenvalue weighted by Crippen LogP contribution is -2.20. The highest BCUT2D eigenvalue weighted by atomic mass is 14.7. The van der Waals surface area contributed by atoms with Gasteiger partial charge < -0.3 is 0 Å². The second-order valence-electron chi connectivity index (χ2n) is 13.9. The van der Waals surface area contributed by atoms with Gasteiger partial charge in [0.1, 0.15) is 0 Å². The van der Waals surface area contributed by atoms with Gasteiger partial charge in [0.05, 0.1) is 0 Å². The van der Waals surface area contributed by atoms with Crippen LogP contribution in [0.2, 0.25) is 0 Å². The number of benzene rings is 2. The molecule has 0 amide bonds. The molecule has 0 N–H and O–H groups in total. The predicted molar refractivity (Wildman–Crippen MR) is 155 cm³/mol. The van der Waals surface area contributed by atoms with Crippen molar-refractivity contribution in [1.82, 2.24) is 0 Å². The molecule has 0 aromatic heterocycles. The summed E-state index contributed by atoms with van der Waals surface area (Å²) in [5.41, 5.74) is 15.6. The fourth-order valence-corrected chi connectivity index (χ4v) is 8.57. The molecule has 2 aromatic carbocycles. The number of aryl methyl sites for hydroxylation is 2. The first-order valence-electron chi connectivity index (χ1n) is 14.3. The summed E-state index contributed by atoms with van der Waals surface area (Å²) in [5, 5.41) is 0. The summed E-state index contributed by atoms with van der Waals surface area (Å²) in [4.78, 5) is 0. The van der Waals surface area contributed by atoms with E-state index in [1.54, 1.807) is 11.1 Å².